The van der Waals surface area contributed by atoms with Crippen LogP contribution in [0.4, 0.5) is 0 Å². The minimum Gasteiger partial charge on any atom is -0.282 e. The van der Waals surface area contributed by atoms with E-state index in [1.807, 2.05) is 18.2 Å². The molecular weight excluding hydrogens is 326 g/mol. The van der Waals surface area contributed by atoms with Gasteiger partial charge in [0.25, 0.3) is 0 Å². The maximum atomic E-state index is 4.36. The Kier molecular flexibility index (Phi) is 4.15. The zero-order valence-electron chi connectivity index (χ0n) is 11.8. The Morgan fingerprint density at radius 1 is 0.905 bits per heavy atom. The quantitative estimate of drug-likeness (QED) is 0.670. The number of alkyl halides is 1. The van der Waals surface area contributed by atoms with Crippen LogP contribution in [0, 0.1) is 6.92 Å². The van der Waals surface area contributed by atoms with E-state index >= 15 is 0 Å². The number of nitrogens with zero attached hydrogens (tertiary/aromatic N) is 3. The van der Waals surface area contributed by atoms with Crippen LogP contribution in [0.5, 0.6) is 0 Å². The van der Waals surface area contributed by atoms with E-state index < -0.39 is 0 Å². The minimum atomic E-state index is 0.683. The molecule has 0 saturated heterocycles. The predicted molar refractivity (Wildman–Crippen MR) is 88.0 cm³/mol. The molecule has 1 heterocycles. The smallest absolute Gasteiger partial charge is 0.148 e. The summed E-state index contributed by atoms with van der Waals surface area (Å²) < 4.78 is 2.12. The molecule has 3 nitrogen and oxygen atoms in total. The molecule has 0 unspecified atom stereocenters. The summed E-state index contributed by atoms with van der Waals surface area (Å²) in [5.41, 5.74) is 3.61. The van der Waals surface area contributed by atoms with Crippen molar-refractivity contribution in [2.75, 3.05) is 0 Å². The summed E-state index contributed by atoms with van der Waals surface area (Å²) in [5, 5.41) is 9.34. The Morgan fingerprint density at radius 2 is 1.57 bits per heavy atom. The fourth-order valence-electron chi connectivity index (χ4n) is 2.32. The van der Waals surface area contributed by atoms with Crippen LogP contribution in [0.15, 0.2) is 54.6 Å². The standard InChI is InChI=1S/C17H16BrN3/c1-13-7-9-14(10-8-13)11-16-19-20-17(12-18)21(16)15-5-3-2-4-6-15/h2-10H,11-12H2,1H3. The van der Waals surface area contributed by atoms with Crippen LogP contribution in [0.1, 0.15) is 22.8 Å². The topological polar surface area (TPSA) is 30.7 Å². The minimum absolute atomic E-state index is 0.683. The van der Waals surface area contributed by atoms with E-state index in [4.69, 9.17) is 0 Å². The van der Waals surface area contributed by atoms with Crippen LogP contribution in [0.2, 0.25) is 0 Å². The molecule has 21 heavy (non-hydrogen) atoms. The van der Waals surface area contributed by atoms with E-state index in [0.29, 0.717) is 5.33 Å². The van der Waals surface area contributed by atoms with E-state index in [0.717, 1.165) is 23.8 Å². The molecule has 0 amide bonds. The molecular formula is C17H16BrN3. The van der Waals surface area contributed by atoms with Crippen molar-refractivity contribution >= 4 is 15.9 Å². The highest BCUT2D eigenvalue weighted by atomic mass is 79.9. The van der Waals surface area contributed by atoms with Gasteiger partial charge in [0.15, 0.2) is 0 Å². The van der Waals surface area contributed by atoms with Gasteiger partial charge in [-0.2, -0.15) is 0 Å². The van der Waals surface area contributed by atoms with Gasteiger partial charge in [-0.3, -0.25) is 4.57 Å². The molecule has 0 radical (unpaired) electrons. The van der Waals surface area contributed by atoms with Crippen LogP contribution >= 0.6 is 15.9 Å². The molecule has 106 valence electrons. The number of rotatable bonds is 4. The van der Waals surface area contributed by atoms with Crippen molar-refractivity contribution in [2.24, 2.45) is 0 Å². The number of para-hydroxylation sites is 1. The first-order valence-corrected chi connectivity index (χ1v) is 8.00. The van der Waals surface area contributed by atoms with E-state index in [1.165, 1.54) is 11.1 Å². The van der Waals surface area contributed by atoms with Crippen LogP contribution in [0.25, 0.3) is 5.69 Å². The van der Waals surface area contributed by atoms with Crippen LogP contribution in [0.3, 0.4) is 0 Å². The lowest BCUT2D eigenvalue weighted by atomic mass is 10.1. The predicted octanol–water partition coefficient (Wildman–Crippen LogP) is 4.06. The normalized spacial score (nSPS) is 10.8. The Hall–Kier alpha value is -1.94. The summed E-state index contributed by atoms with van der Waals surface area (Å²) in [6.45, 7) is 2.10. The molecule has 3 aromatic rings. The highest BCUT2D eigenvalue weighted by molar-refractivity contribution is 9.08. The molecule has 0 spiro atoms. The molecule has 3 rings (SSSR count). The summed E-state index contributed by atoms with van der Waals surface area (Å²) in [6, 6.07) is 18.8. The maximum Gasteiger partial charge on any atom is 0.148 e. The summed E-state index contributed by atoms with van der Waals surface area (Å²) in [5.74, 6) is 1.88. The monoisotopic (exact) mass is 341 g/mol. The number of aromatic nitrogens is 3. The van der Waals surface area contributed by atoms with Crippen molar-refractivity contribution in [3.05, 3.63) is 77.4 Å². The van der Waals surface area contributed by atoms with Gasteiger partial charge in [0.05, 0.1) is 5.33 Å². The molecule has 0 aliphatic carbocycles. The van der Waals surface area contributed by atoms with Crippen LogP contribution in [-0.4, -0.2) is 14.8 Å². The third-order valence-electron chi connectivity index (χ3n) is 3.41. The van der Waals surface area contributed by atoms with Crippen LogP contribution in [-0.2, 0) is 11.8 Å². The van der Waals surface area contributed by atoms with Crippen molar-refractivity contribution in [3.8, 4) is 5.69 Å². The summed E-state index contributed by atoms with van der Waals surface area (Å²) in [4.78, 5) is 0. The Balaban J connectivity index is 1.99. The van der Waals surface area contributed by atoms with E-state index in [2.05, 4.69) is 74.0 Å². The number of halogens is 1. The van der Waals surface area contributed by atoms with Crippen molar-refractivity contribution in [3.63, 3.8) is 0 Å². The lowest BCUT2D eigenvalue weighted by Crippen LogP contribution is -2.05. The molecule has 1 aromatic heterocycles. The molecule has 4 heteroatoms. The van der Waals surface area contributed by atoms with Gasteiger partial charge in [-0.15, -0.1) is 10.2 Å². The van der Waals surface area contributed by atoms with E-state index in [1.54, 1.807) is 0 Å². The maximum absolute atomic E-state index is 4.36. The molecule has 0 saturated carbocycles. The summed E-state index contributed by atoms with van der Waals surface area (Å²) >= 11 is 3.49. The van der Waals surface area contributed by atoms with E-state index in [9.17, 15) is 0 Å². The third-order valence-corrected chi connectivity index (χ3v) is 3.92. The van der Waals surface area contributed by atoms with Gasteiger partial charge in [0.2, 0.25) is 0 Å². The van der Waals surface area contributed by atoms with E-state index in [-0.39, 0.29) is 0 Å². The first-order chi connectivity index (χ1) is 10.3. The van der Waals surface area contributed by atoms with Gasteiger partial charge in [-0.25, -0.2) is 0 Å². The molecule has 0 atom stereocenters. The van der Waals surface area contributed by atoms with Crippen molar-refractivity contribution in [2.45, 2.75) is 18.7 Å². The van der Waals surface area contributed by atoms with Gasteiger partial charge in [-0.05, 0) is 24.6 Å². The lowest BCUT2D eigenvalue weighted by Gasteiger charge is -2.09. The fraction of sp³-hybridized carbons (Fsp3) is 0.176. The average molecular weight is 342 g/mol. The molecule has 0 aliphatic heterocycles. The second-order valence-corrected chi connectivity index (χ2v) is 5.56. The number of hydrogen-bond donors (Lipinski definition) is 0. The SMILES string of the molecule is Cc1ccc(Cc2nnc(CBr)n2-c2ccccc2)cc1. The first-order valence-electron chi connectivity index (χ1n) is 6.88. The second kappa shape index (κ2) is 6.22. The van der Waals surface area contributed by atoms with Gasteiger partial charge in [0, 0.05) is 12.1 Å². The Labute approximate surface area is 132 Å². The molecule has 0 N–H and O–H groups in total. The van der Waals surface area contributed by atoms with Crippen LogP contribution < -0.4 is 0 Å². The lowest BCUT2D eigenvalue weighted by molar-refractivity contribution is 0.888. The summed E-state index contributed by atoms with van der Waals surface area (Å²) in [7, 11) is 0. The number of aryl methyl sites for hydroxylation is 1. The molecule has 0 bridgehead atoms. The largest absolute Gasteiger partial charge is 0.282 e. The Morgan fingerprint density at radius 3 is 2.24 bits per heavy atom. The number of benzene rings is 2. The Bertz CT molecular complexity index is 718. The van der Waals surface area contributed by atoms with Gasteiger partial charge >= 0.3 is 0 Å². The molecule has 0 fully saturated rings. The van der Waals surface area contributed by atoms with Gasteiger partial charge < -0.3 is 0 Å². The number of hydrogen-bond acceptors (Lipinski definition) is 2. The average Bonchev–Trinajstić information content (AvgIpc) is 2.93. The molecule has 0 aliphatic rings. The highest BCUT2D eigenvalue weighted by Gasteiger charge is 2.13. The second-order valence-electron chi connectivity index (χ2n) is 5.00. The van der Waals surface area contributed by atoms with Gasteiger partial charge in [0.1, 0.15) is 11.6 Å². The zero-order chi connectivity index (χ0) is 14.7. The highest BCUT2D eigenvalue weighted by Crippen LogP contribution is 2.18. The zero-order valence-corrected chi connectivity index (χ0v) is 13.4. The fourth-order valence-corrected chi connectivity index (χ4v) is 2.68. The molecule has 2 aromatic carbocycles. The van der Waals surface area contributed by atoms with Crippen molar-refractivity contribution < 1.29 is 0 Å². The van der Waals surface area contributed by atoms with Gasteiger partial charge in [-0.1, -0.05) is 64.0 Å². The third kappa shape index (κ3) is 3.05. The first kappa shape index (κ1) is 14.0. The summed E-state index contributed by atoms with van der Waals surface area (Å²) in [6.07, 6.45) is 0.773. The van der Waals surface area contributed by atoms with Crippen molar-refractivity contribution in [1.29, 1.82) is 0 Å². The van der Waals surface area contributed by atoms with Crippen molar-refractivity contribution in [1.82, 2.24) is 14.8 Å².